The van der Waals surface area contributed by atoms with Gasteiger partial charge in [0.2, 0.25) is 0 Å². The lowest BCUT2D eigenvalue weighted by Gasteiger charge is -2.29. The van der Waals surface area contributed by atoms with Crippen LogP contribution in [0.1, 0.15) is 24.8 Å². The minimum atomic E-state index is 1.19. The Labute approximate surface area is 109 Å². The van der Waals surface area contributed by atoms with Gasteiger partial charge in [0.15, 0.2) is 0 Å². The Morgan fingerprint density at radius 3 is 2.39 bits per heavy atom. The molecule has 1 heterocycles. The summed E-state index contributed by atoms with van der Waals surface area (Å²) in [6.07, 6.45) is 5.94. The van der Waals surface area contributed by atoms with Crippen LogP contribution in [0.25, 0.3) is 16.8 Å². The molecule has 0 atom stereocenters. The van der Waals surface area contributed by atoms with Gasteiger partial charge >= 0.3 is 0 Å². The minimum absolute atomic E-state index is 1.19. The number of fused-ring (bicyclic) bond motifs is 1. The zero-order valence-corrected chi connectivity index (χ0v) is 10.7. The molecule has 0 N–H and O–H groups in total. The maximum absolute atomic E-state index is 3.82. The number of rotatable bonds is 2. The van der Waals surface area contributed by atoms with Gasteiger partial charge in [-0.25, -0.2) is 0 Å². The summed E-state index contributed by atoms with van der Waals surface area (Å²) < 4.78 is 0. The molecule has 1 aliphatic rings. The Balaban J connectivity index is 1.97. The maximum atomic E-state index is 3.82. The number of anilines is 1. The van der Waals surface area contributed by atoms with Crippen molar-refractivity contribution in [2.45, 2.75) is 19.3 Å². The normalized spacial score (nSPS) is 15.9. The van der Waals surface area contributed by atoms with E-state index < -0.39 is 0 Å². The summed E-state index contributed by atoms with van der Waals surface area (Å²) in [7, 11) is 0. The molecule has 0 saturated carbocycles. The molecular weight excluding hydrogens is 218 g/mol. The van der Waals surface area contributed by atoms with Gasteiger partial charge in [-0.2, -0.15) is 0 Å². The van der Waals surface area contributed by atoms with E-state index in [-0.39, 0.29) is 0 Å². The van der Waals surface area contributed by atoms with Gasteiger partial charge < -0.3 is 4.90 Å². The molecule has 3 rings (SSSR count). The second kappa shape index (κ2) is 4.85. The highest BCUT2D eigenvalue weighted by Crippen LogP contribution is 2.25. The molecule has 0 spiro atoms. The molecule has 1 saturated heterocycles. The van der Waals surface area contributed by atoms with Gasteiger partial charge in [0.1, 0.15) is 0 Å². The molecule has 1 nitrogen and oxygen atoms in total. The Kier molecular flexibility index (Phi) is 3.06. The largest absolute Gasteiger partial charge is 0.372 e. The first kappa shape index (κ1) is 11.3. The molecule has 18 heavy (non-hydrogen) atoms. The lowest BCUT2D eigenvalue weighted by Crippen LogP contribution is -2.29. The van der Waals surface area contributed by atoms with Crippen LogP contribution in [-0.4, -0.2) is 13.1 Å². The molecule has 0 unspecified atom stereocenters. The predicted octanol–water partition coefficient (Wildman–Crippen LogP) is 4.47. The molecule has 1 fully saturated rings. The van der Waals surface area contributed by atoms with Crippen LogP contribution in [-0.2, 0) is 0 Å². The van der Waals surface area contributed by atoms with Crippen LogP contribution < -0.4 is 4.90 Å². The summed E-state index contributed by atoms with van der Waals surface area (Å²) in [6.45, 7) is 6.23. The number of hydrogen-bond acceptors (Lipinski definition) is 1. The highest BCUT2D eigenvalue weighted by Gasteiger charge is 2.10. The third-order valence-electron chi connectivity index (χ3n) is 3.80. The van der Waals surface area contributed by atoms with Gasteiger partial charge in [-0.05, 0) is 53.8 Å². The minimum Gasteiger partial charge on any atom is -0.372 e. The third kappa shape index (κ3) is 2.13. The van der Waals surface area contributed by atoms with Crippen LogP contribution in [0.2, 0.25) is 0 Å². The van der Waals surface area contributed by atoms with E-state index >= 15 is 0 Å². The van der Waals surface area contributed by atoms with E-state index in [0.29, 0.717) is 0 Å². The van der Waals surface area contributed by atoms with Crippen LogP contribution in [0.15, 0.2) is 43.0 Å². The van der Waals surface area contributed by atoms with Crippen LogP contribution >= 0.6 is 0 Å². The average Bonchev–Trinajstić information content (AvgIpc) is 2.47. The number of benzene rings is 2. The first-order valence-corrected chi connectivity index (χ1v) is 6.78. The van der Waals surface area contributed by atoms with E-state index in [4.69, 9.17) is 0 Å². The lowest BCUT2D eigenvalue weighted by atomic mass is 10.0. The van der Waals surface area contributed by atoms with Crippen molar-refractivity contribution in [3.63, 3.8) is 0 Å². The molecule has 0 aromatic heterocycles. The fourth-order valence-corrected chi connectivity index (χ4v) is 2.73. The van der Waals surface area contributed by atoms with Gasteiger partial charge in [-0.15, -0.1) is 0 Å². The summed E-state index contributed by atoms with van der Waals surface area (Å²) in [4.78, 5) is 2.50. The Bertz CT molecular complexity index is 565. The summed E-state index contributed by atoms with van der Waals surface area (Å²) in [5, 5.41) is 2.62. The zero-order valence-electron chi connectivity index (χ0n) is 10.7. The summed E-state index contributed by atoms with van der Waals surface area (Å²) in [6, 6.07) is 13.3. The molecule has 0 aliphatic carbocycles. The van der Waals surface area contributed by atoms with Crippen LogP contribution in [0.3, 0.4) is 0 Å². The standard InChI is InChI=1S/C17H19N/c1-2-14-6-7-16-13-17(9-8-15(16)12-14)18-10-4-3-5-11-18/h2,6-9,12-13H,1,3-5,10-11H2. The highest BCUT2D eigenvalue weighted by atomic mass is 15.1. The van der Waals surface area contributed by atoms with E-state index in [1.54, 1.807) is 0 Å². The van der Waals surface area contributed by atoms with Crippen molar-refractivity contribution in [3.05, 3.63) is 48.5 Å². The van der Waals surface area contributed by atoms with Crippen molar-refractivity contribution < 1.29 is 0 Å². The Hall–Kier alpha value is -1.76. The van der Waals surface area contributed by atoms with Crippen molar-refractivity contribution in [3.8, 4) is 0 Å². The van der Waals surface area contributed by atoms with Crippen molar-refractivity contribution in [1.29, 1.82) is 0 Å². The fourth-order valence-electron chi connectivity index (χ4n) is 2.73. The van der Waals surface area contributed by atoms with Gasteiger partial charge in [-0.3, -0.25) is 0 Å². The van der Waals surface area contributed by atoms with E-state index in [0.717, 1.165) is 0 Å². The smallest absolute Gasteiger partial charge is 0.0372 e. The molecule has 0 radical (unpaired) electrons. The summed E-state index contributed by atoms with van der Waals surface area (Å²) in [5.74, 6) is 0. The maximum Gasteiger partial charge on any atom is 0.0372 e. The fraction of sp³-hybridized carbons (Fsp3) is 0.294. The van der Waals surface area contributed by atoms with Crippen molar-refractivity contribution >= 4 is 22.5 Å². The van der Waals surface area contributed by atoms with Gasteiger partial charge in [0.25, 0.3) is 0 Å². The molecule has 0 amide bonds. The quantitative estimate of drug-likeness (QED) is 0.744. The number of hydrogen-bond donors (Lipinski definition) is 0. The number of piperidine rings is 1. The van der Waals surface area contributed by atoms with Gasteiger partial charge in [-0.1, -0.05) is 30.9 Å². The molecule has 2 aromatic rings. The summed E-state index contributed by atoms with van der Waals surface area (Å²) >= 11 is 0. The predicted molar refractivity (Wildman–Crippen MR) is 80.1 cm³/mol. The Morgan fingerprint density at radius 1 is 0.889 bits per heavy atom. The third-order valence-corrected chi connectivity index (χ3v) is 3.80. The molecule has 92 valence electrons. The topological polar surface area (TPSA) is 3.24 Å². The van der Waals surface area contributed by atoms with Crippen molar-refractivity contribution in [1.82, 2.24) is 0 Å². The molecule has 1 heteroatoms. The van der Waals surface area contributed by atoms with Crippen molar-refractivity contribution in [2.24, 2.45) is 0 Å². The van der Waals surface area contributed by atoms with E-state index in [1.807, 2.05) is 6.08 Å². The molecule has 0 bridgehead atoms. The number of nitrogens with zero attached hydrogens (tertiary/aromatic N) is 1. The second-order valence-corrected chi connectivity index (χ2v) is 5.04. The first-order valence-electron chi connectivity index (χ1n) is 6.78. The first-order chi connectivity index (χ1) is 8.86. The molecular formula is C17H19N. The monoisotopic (exact) mass is 237 g/mol. The van der Waals surface area contributed by atoms with Crippen molar-refractivity contribution in [2.75, 3.05) is 18.0 Å². The second-order valence-electron chi connectivity index (χ2n) is 5.04. The van der Waals surface area contributed by atoms with Crippen LogP contribution in [0, 0.1) is 0 Å². The van der Waals surface area contributed by atoms with E-state index in [1.165, 1.54) is 54.4 Å². The van der Waals surface area contributed by atoms with E-state index in [9.17, 15) is 0 Å². The zero-order chi connectivity index (χ0) is 12.4. The van der Waals surface area contributed by atoms with Gasteiger partial charge in [0.05, 0.1) is 0 Å². The van der Waals surface area contributed by atoms with Gasteiger partial charge in [0, 0.05) is 18.8 Å². The van der Waals surface area contributed by atoms with E-state index in [2.05, 4.69) is 47.9 Å². The van der Waals surface area contributed by atoms with Crippen LogP contribution in [0.5, 0.6) is 0 Å². The lowest BCUT2D eigenvalue weighted by molar-refractivity contribution is 0.578. The SMILES string of the molecule is C=Cc1ccc2cc(N3CCCCC3)ccc2c1. The molecule has 2 aromatic carbocycles. The Morgan fingerprint density at radius 2 is 1.61 bits per heavy atom. The summed E-state index contributed by atoms with van der Waals surface area (Å²) in [5.41, 5.74) is 2.56. The average molecular weight is 237 g/mol. The molecule has 1 aliphatic heterocycles. The highest BCUT2D eigenvalue weighted by molar-refractivity contribution is 5.87. The van der Waals surface area contributed by atoms with Crippen LogP contribution in [0.4, 0.5) is 5.69 Å².